The lowest BCUT2D eigenvalue weighted by molar-refractivity contribution is -0.139. The maximum atomic E-state index is 14.8. The number of hydrogen-bond acceptors (Lipinski definition) is 7. The number of likely N-dealkylation sites (N-methyl/N-ethyl adjacent to an activating group) is 2. The van der Waals surface area contributed by atoms with Crippen LogP contribution < -0.4 is 9.64 Å². The minimum absolute atomic E-state index is 0.139. The number of anilines is 1. The number of aromatic nitrogens is 1. The molecule has 3 atom stereocenters. The Kier molecular flexibility index (Phi) is 5.63. The first kappa shape index (κ1) is 24.1. The van der Waals surface area contributed by atoms with E-state index in [1.165, 1.54) is 11.8 Å². The zero-order chi connectivity index (χ0) is 25.9. The maximum absolute atomic E-state index is 14.8. The number of amides is 2. The van der Waals surface area contributed by atoms with Gasteiger partial charge in [-0.15, -0.1) is 0 Å². The predicted octanol–water partition coefficient (Wildman–Crippen LogP) is 3.79. The summed E-state index contributed by atoms with van der Waals surface area (Å²) in [6, 6.07) is 19.3. The summed E-state index contributed by atoms with van der Waals surface area (Å²) in [5.41, 5.74) is 2.21. The highest BCUT2D eigenvalue weighted by atomic mass is 32.2. The lowest BCUT2D eigenvalue weighted by atomic mass is 9.72. The van der Waals surface area contributed by atoms with Gasteiger partial charge in [0.2, 0.25) is 5.91 Å². The lowest BCUT2D eigenvalue weighted by Gasteiger charge is -2.42. The van der Waals surface area contributed by atoms with Crippen molar-refractivity contribution in [3.8, 4) is 5.75 Å². The predicted molar refractivity (Wildman–Crippen MR) is 148 cm³/mol. The van der Waals surface area contributed by atoms with E-state index in [1.807, 2.05) is 72.6 Å². The monoisotopic (exact) mass is 530 g/mol. The number of pyridine rings is 1. The Morgan fingerprint density at radius 1 is 1.05 bits per heavy atom. The molecule has 7 nitrogen and oxygen atoms in total. The minimum Gasteiger partial charge on any atom is -0.497 e. The minimum atomic E-state index is -1.27. The van der Waals surface area contributed by atoms with Gasteiger partial charge >= 0.3 is 0 Å². The summed E-state index contributed by atoms with van der Waals surface area (Å²) >= 11 is 7.24. The van der Waals surface area contributed by atoms with Gasteiger partial charge < -0.3 is 9.64 Å². The molecule has 3 aliphatic rings. The summed E-state index contributed by atoms with van der Waals surface area (Å²) in [7, 11) is 5.31. The number of methoxy groups -OCH3 is 1. The topological polar surface area (TPSA) is 66.0 Å². The molecule has 2 amide bonds. The van der Waals surface area contributed by atoms with E-state index in [-0.39, 0.29) is 17.7 Å². The molecule has 0 aliphatic carbocycles. The molecule has 0 saturated carbocycles. The molecule has 0 N–H and O–H groups in total. The molecule has 1 aromatic heterocycles. The number of likely N-dealkylation sites (tertiary alicyclic amines) is 1. The Labute approximate surface area is 225 Å². The van der Waals surface area contributed by atoms with Crippen molar-refractivity contribution in [3.05, 3.63) is 89.7 Å². The van der Waals surface area contributed by atoms with Crippen LogP contribution in [0.3, 0.4) is 0 Å². The van der Waals surface area contributed by atoms with Crippen LogP contribution in [0.25, 0.3) is 0 Å². The molecule has 2 spiro atoms. The summed E-state index contributed by atoms with van der Waals surface area (Å²) in [4.78, 5) is 38.9. The standard InChI is InChI=1S/C28H26N4O3S2/c1-30-17-22(19-11-13-29-14-12-19)28(25(34)32(26(36)37-28)16-18-7-5-4-6-8-18)27(30)21-15-20(35-3)9-10-23(21)31(2)24(27)33/h4-15,22H,16-17H2,1-3H3/t22-,27-,28+/m1/s1. The van der Waals surface area contributed by atoms with Crippen LogP contribution in [0.4, 0.5) is 5.69 Å². The first-order chi connectivity index (χ1) is 17.9. The van der Waals surface area contributed by atoms with Crippen molar-refractivity contribution in [3.63, 3.8) is 0 Å². The van der Waals surface area contributed by atoms with E-state index in [9.17, 15) is 9.59 Å². The number of nitrogens with zero attached hydrogens (tertiary/aromatic N) is 4. The van der Waals surface area contributed by atoms with E-state index >= 15 is 0 Å². The van der Waals surface area contributed by atoms with Crippen LogP contribution in [0.5, 0.6) is 5.75 Å². The second-order valence-corrected chi connectivity index (χ2v) is 11.5. The second kappa shape index (κ2) is 8.65. The van der Waals surface area contributed by atoms with Crippen LogP contribution in [-0.4, -0.2) is 63.4 Å². The van der Waals surface area contributed by atoms with Crippen molar-refractivity contribution in [2.45, 2.75) is 22.7 Å². The van der Waals surface area contributed by atoms with Crippen LogP contribution in [0, 0.1) is 0 Å². The molecule has 0 unspecified atom stereocenters. The number of carbonyl (C=O) groups excluding carboxylic acids is 2. The van der Waals surface area contributed by atoms with Crippen LogP contribution >= 0.6 is 24.0 Å². The fourth-order valence-corrected chi connectivity index (χ4v) is 8.43. The van der Waals surface area contributed by atoms with Gasteiger partial charge in [0.1, 0.15) is 14.8 Å². The molecule has 2 fully saturated rings. The maximum Gasteiger partial charge on any atom is 0.254 e. The molecule has 2 saturated heterocycles. The first-order valence-electron chi connectivity index (χ1n) is 12.0. The van der Waals surface area contributed by atoms with Gasteiger partial charge in [0.25, 0.3) is 5.91 Å². The Balaban J connectivity index is 1.60. The molecule has 6 rings (SSSR count). The molecule has 188 valence electrons. The highest BCUT2D eigenvalue weighted by molar-refractivity contribution is 8.25. The largest absolute Gasteiger partial charge is 0.497 e. The van der Waals surface area contributed by atoms with Gasteiger partial charge in [0.15, 0.2) is 5.54 Å². The molecule has 3 aromatic rings. The number of carbonyl (C=O) groups is 2. The highest BCUT2D eigenvalue weighted by Crippen LogP contribution is 2.66. The molecule has 9 heteroatoms. The third kappa shape index (κ3) is 3.11. The van der Waals surface area contributed by atoms with Gasteiger partial charge in [-0.1, -0.05) is 54.3 Å². The fraction of sp³-hybridized carbons (Fsp3) is 0.286. The van der Waals surface area contributed by atoms with E-state index < -0.39 is 10.3 Å². The Morgan fingerprint density at radius 3 is 2.49 bits per heavy atom. The molecule has 2 aromatic carbocycles. The van der Waals surface area contributed by atoms with Crippen molar-refractivity contribution in [1.29, 1.82) is 0 Å². The van der Waals surface area contributed by atoms with Gasteiger partial charge in [-0.05, 0) is 48.5 Å². The van der Waals surface area contributed by atoms with Crippen molar-refractivity contribution in [2.24, 2.45) is 0 Å². The number of fused-ring (bicyclic) bond motifs is 3. The van der Waals surface area contributed by atoms with Crippen molar-refractivity contribution < 1.29 is 14.3 Å². The average molecular weight is 531 g/mol. The molecule has 4 heterocycles. The number of rotatable bonds is 4. The van der Waals surface area contributed by atoms with Gasteiger partial charge in [0.05, 0.1) is 13.7 Å². The summed E-state index contributed by atoms with van der Waals surface area (Å²) < 4.78 is 4.84. The smallest absolute Gasteiger partial charge is 0.254 e. The van der Waals surface area contributed by atoms with E-state index in [4.69, 9.17) is 17.0 Å². The molecule has 0 bridgehead atoms. The summed E-state index contributed by atoms with van der Waals surface area (Å²) in [6.07, 6.45) is 3.47. The van der Waals surface area contributed by atoms with Crippen LogP contribution in [0.15, 0.2) is 73.1 Å². The quantitative estimate of drug-likeness (QED) is 0.476. The summed E-state index contributed by atoms with van der Waals surface area (Å²) in [5, 5.41) is 0. The summed E-state index contributed by atoms with van der Waals surface area (Å²) in [6.45, 7) is 0.853. The van der Waals surface area contributed by atoms with Gasteiger partial charge in [-0.25, -0.2) is 0 Å². The average Bonchev–Trinajstić information content (AvgIpc) is 3.43. The van der Waals surface area contributed by atoms with E-state index in [1.54, 1.807) is 36.4 Å². The van der Waals surface area contributed by atoms with Crippen LogP contribution in [0.1, 0.15) is 22.6 Å². The van der Waals surface area contributed by atoms with Gasteiger partial charge in [-0.2, -0.15) is 0 Å². The number of ether oxygens (including phenoxy) is 1. The van der Waals surface area contributed by atoms with Gasteiger partial charge in [-0.3, -0.25) is 24.4 Å². The van der Waals surface area contributed by atoms with Crippen LogP contribution in [-0.2, 0) is 21.7 Å². The molecular formula is C28H26N4O3S2. The lowest BCUT2D eigenvalue weighted by Crippen LogP contribution is -2.62. The normalized spacial score (nSPS) is 27.1. The fourth-order valence-electron chi connectivity index (χ4n) is 6.30. The number of thiocarbonyl (C=S) groups is 1. The van der Waals surface area contributed by atoms with E-state index in [0.717, 1.165) is 22.4 Å². The zero-order valence-electron chi connectivity index (χ0n) is 20.7. The Hall–Kier alpha value is -3.27. The highest BCUT2D eigenvalue weighted by Gasteiger charge is 2.78. The number of benzene rings is 2. The first-order valence-corrected chi connectivity index (χ1v) is 13.3. The molecule has 0 radical (unpaired) electrons. The molecule has 3 aliphatic heterocycles. The van der Waals surface area contributed by atoms with Crippen molar-refractivity contribution in [1.82, 2.24) is 14.8 Å². The third-order valence-corrected chi connectivity index (χ3v) is 9.89. The Morgan fingerprint density at radius 2 is 1.78 bits per heavy atom. The SMILES string of the molecule is COc1ccc2c(c1)[C@]1(C(=O)N2C)N(C)C[C@H](c2ccncc2)[C@@]12SC(=S)N(Cc1ccccc1)C2=O. The third-order valence-electron chi connectivity index (χ3n) is 7.95. The molecule has 37 heavy (non-hydrogen) atoms. The van der Waals surface area contributed by atoms with E-state index in [2.05, 4.69) is 4.98 Å². The van der Waals surface area contributed by atoms with Crippen LogP contribution in [0.2, 0.25) is 0 Å². The van der Waals surface area contributed by atoms with E-state index in [0.29, 0.717) is 23.2 Å². The van der Waals surface area contributed by atoms with Crippen molar-refractivity contribution in [2.75, 3.05) is 32.6 Å². The zero-order valence-corrected chi connectivity index (χ0v) is 22.4. The van der Waals surface area contributed by atoms with Crippen molar-refractivity contribution >= 4 is 45.8 Å². The number of hydrogen-bond donors (Lipinski definition) is 0. The summed E-state index contributed by atoms with van der Waals surface area (Å²) in [5.74, 6) is 0.0532. The molecular weight excluding hydrogens is 504 g/mol. The number of thioether (sulfide) groups is 1. The second-order valence-electron chi connectivity index (χ2n) is 9.65. The Bertz CT molecular complexity index is 1420. The van der Waals surface area contributed by atoms with Gasteiger partial charge in [0, 0.05) is 43.2 Å².